The third-order valence-electron chi connectivity index (χ3n) is 4.28. The molecule has 3 rings (SSSR count). The molecule has 1 aliphatic heterocycles. The number of nitrogens with two attached hydrogens (primary N) is 1. The van der Waals surface area contributed by atoms with Crippen LogP contribution in [0.15, 0.2) is 24.7 Å². The van der Waals surface area contributed by atoms with E-state index in [9.17, 15) is 4.79 Å². The highest BCUT2D eigenvalue weighted by atomic mass is 35.5. The summed E-state index contributed by atoms with van der Waals surface area (Å²) in [6, 6.07) is 1.97. The van der Waals surface area contributed by atoms with Crippen LogP contribution >= 0.6 is 11.6 Å². The number of carbonyl (C=O) groups excluding carboxylic acids is 1. The summed E-state index contributed by atoms with van der Waals surface area (Å²) in [5.41, 5.74) is 8.15. The van der Waals surface area contributed by atoms with Crippen LogP contribution in [0.3, 0.4) is 0 Å². The van der Waals surface area contributed by atoms with Gasteiger partial charge in [0.1, 0.15) is 5.69 Å². The summed E-state index contributed by atoms with van der Waals surface area (Å²) in [5, 5.41) is 0.0174. The second-order valence-corrected chi connectivity index (χ2v) is 6.58. The maximum Gasteiger partial charge on any atom is 0.223 e. The SMILES string of the molecule is C[C@H]1CCCN(c2ccncc2CC(=O)c2nc(Cl)ncc2N)C1. The van der Waals surface area contributed by atoms with Crippen molar-refractivity contribution in [3.63, 3.8) is 0 Å². The maximum absolute atomic E-state index is 12.6. The normalized spacial score (nSPS) is 17.8. The summed E-state index contributed by atoms with van der Waals surface area (Å²) in [4.78, 5) is 26.9. The average Bonchev–Trinajstić information content (AvgIpc) is 2.57. The average molecular weight is 346 g/mol. The molecule has 0 aromatic carbocycles. The molecule has 0 unspecified atom stereocenters. The van der Waals surface area contributed by atoms with Gasteiger partial charge in [-0.2, -0.15) is 0 Å². The lowest BCUT2D eigenvalue weighted by Gasteiger charge is -2.34. The number of ketones is 1. The van der Waals surface area contributed by atoms with Crippen molar-refractivity contribution in [3.8, 4) is 0 Å². The third-order valence-corrected chi connectivity index (χ3v) is 4.46. The van der Waals surface area contributed by atoms with E-state index in [0.29, 0.717) is 5.92 Å². The number of rotatable bonds is 4. The highest BCUT2D eigenvalue weighted by Crippen LogP contribution is 2.27. The Bertz CT molecular complexity index is 752. The predicted molar refractivity (Wildman–Crippen MR) is 94.3 cm³/mol. The van der Waals surface area contributed by atoms with E-state index in [1.54, 1.807) is 12.4 Å². The van der Waals surface area contributed by atoms with Crippen molar-refractivity contribution >= 4 is 28.8 Å². The molecule has 2 N–H and O–H groups in total. The molecule has 0 amide bonds. The highest BCUT2D eigenvalue weighted by Gasteiger charge is 2.21. The lowest BCUT2D eigenvalue weighted by Crippen LogP contribution is -2.35. The number of anilines is 2. The number of hydrogen-bond donors (Lipinski definition) is 1. The number of carbonyl (C=O) groups is 1. The topological polar surface area (TPSA) is 85.0 Å². The van der Waals surface area contributed by atoms with Crippen LogP contribution in [0.1, 0.15) is 35.8 Å². The van der Waals surface area contributed by atoms with Crippen molar-refractivity contribution in [2.45, 2.75) is 26.2 Å². The van der Waals surface area contributed by atoms with Gasteiger partial charge in [0.25, 0.3) is 0 Å². The second kappa shape index (κ2) is 7.13. The van der Waals surface area contributed by atoms with Gasteiger partial charge >= 0.3 is 0 Å². The van der Waals surface area contributed by atoms with Crippen LogP contribution in [0, 0.1) is 5.92 Å². The number of nitrogens with zero attached hydrogens (tertiary/aromatic N) is 4. The molecule has 2 aromatic rings. The summed E-state index contributed by atoms with van der Waals surface area (Å²) >= 11 is 5.78. The smallest absolute Gasteiger partial charge is 0.223 e. The van der Waals surface area contributed by atoms with Gasteiger partial charge < -0.3 is 10.6 Å². The molecule has 6 nitrogen and oxygen atoms in total. The molecule has 1 aliphatic rings. The van der Waals surface area contributed by atoms with E-state index < -0.39 is 0 Å². The predicted octanol–water partition coefficient (Wildman–Crippen LogP) is 2.77. The first-order chi connectivity index (χ1) is 11.5. The fraction of sp³-hybridized carbons (Fsp3) is 0.412. The molecule has 126 valence electrons. The first-order valence-corrected chi connectivity index (χ1v) is 8.41. The molecular weight excluding hydrogens is 326 g/mol. The quantitative estimate of drug-likeness (QED) is 0.677. The van der Waals surface area contributed by atoms with Gasteiger partial charge in [0, 0.05) is 43.2 Å². The van der Waals surface area contributed by atoms with E-state index in [4.69, 9.17) is 17.3 Å². The van der Waals surface area contributed by atoms with Gasteiger partial charge in [-0.05, 0) is 36.4 Å². The summed E-state index contributed by atoms with van der Waals surface area (Å²) in [6.07, 6.45) is 7.45. The minimum Gasteiger partial charge on any atom is -0.396 e. The molecule has 3 heterocycles. The molecule has 0 radical (unpaired) electrons. The zero-order valence-corrected chi connectivity index (χ0v) is 14.3. The van der Waals surface area contributed by atoms with E-state index in [2.05, 4.69) is 26.8 Å². The first-order valence-electron chi connectivity index (χ1n) is 8.03. The van der Waals surface area contributed by atoms with Gasteiger partial charge in [-0.25, -0.2) is 9.97 Å². The standard InChI is InChI=1S/C17H20ClN5O/c1-11-3-2-6-23(10-11)14-4-5-20-8-12(14)7-15(24)16-13(19)9-21-17(18)22-16/h4-5,8-9,11H,2-3,6-7,10,19H2,1H3/t11-/m0/s1. The van der Waals surface area contributed by atoms with Gasteiger partial charge in [0.2, 0.25) is 5.28 Å². The Morgan fingerprint density at radius 3 is 3.08 bits per heavy atom. The fourth-order valence-corrected chi connectivity index (χ4v) is 3.26. The Kier molecular flexibility index (Phi) is 4.94. The van der Waals surface area contributed by atoms with Crippen LogP contribution in [0.25, 0.3) is 0 Å². The maximum atomic E-state index is 12.6. The van der Waals surface area contributed by atoms with E-state index in [1.165, 1.54) is 12.6 Å². The van der Waals surface area contributed by atoms with Crippen LogP contribution in [0.4, 0.5) is 11.4 Å². The van der Waals surface area contributed by atoms with E-state index in [-0.39, 0.29) is 28.9 Å². The van der Waals surface area contributed by atoms with Crippen molar-refractivity contribution in [2.24, 2.45) is 5.92 Å². The third kappa shape index (κ3) is 3.64. The molecule has 1 fully saturated rings. The summed E-state index contributed by atoms with van der Waals surface area (Å²) in [6.45, 7) is 4.24. The zero-order chi connectivity index (χ0) is 17.1. The lowest BCUT2D eigenvalue weighted by atomic mass is 9.98. The summed E-state index contributed by atoms with van der Waals surface area (Å²) in [5.74, 6) is 0.461. The number of hydrogen-bond acceptors (Lipinski definition) is 6. The summed E-state index contributed by atoms with van der Waals surface area (Å²) < 4.78 is 0. The minimum absolute atomic E-state index is 0.0174. The Morgan fingerprint density at radius 2 is 2.29 bits per heavy atom. The molecular formula is C17H20ClN5O. The van der Waals surface area contributed by atoms with E-state index in [0.717, 1.165) is 30.8 Å². The highest BCUT2D eigenvalue weighted by molar-refractivity contribution is 6.28. The Labute approximate surface area is 146 Å². The van der Waals surface area contributed by atoms with Crippen molar-refractivity contribution in [1.29, 1.82) is 0 Å². The molecule has 0 aliphatic carbocycles. The minimum atomic E-state index is -0.184. The van der Waals surface area contributed by atoms with Gasteiger partial charge in [0.15, 0.2) is 5.78 Å². The van der Waals surface area contributed by atoms with Gasteiger partial charge in [-0.3, -0.25) is 9.78 Å². The number of pyridine rings is 1. The van der Waals surface area contributed by atoms with Crippen molar-refractivity contribution in [1.82, 2.24) is 15.0 Å². The molecule has 1 saturated heterocycles. The Balaban J connectivity index is 1.85. The molecule has 2 aromatic heterocycles. The molecule has 24 heavy (non-hydrogen) atoms. The molecule has 1 atom stereocenters. The molecule has 0 saturated carbocycles. The van der Waals surface area contributed by atoms with Crippen molar-refractivity contribution in [3.05, 3.63) is 41.2 Å². The molecule has 7 heteroatoms. The largest absolute Gasteiger partial charge is 0.396 e. The van der Waals surface area contributed by atoms with Crippen LogP contribution in [-0.2, 0) is 6.42 Å². The van der Waals surface area contributed by atoms with Crippen LogP contribution in [0.5, 0.6) is 0 Å². The van der Waals surface area contributed by atoms with Crippen LogP contribution < -0.4 is 10.6 Å². The van der Waals surface area contributed by atoms with Gasteiger partial charge in [0.05, 0.1) is 11.9 Å². The number of nitrogen functional groups attached to an aromatic ring is 1. The van der Waals surface area contributed by atoms with Crippen molar-refractivity contribution < 1.29 is 4.79 Å². The van der Waals surface area contributed by atoms with Crippen LogP contribution in [0.2, 0.25) is 5.28 Å². The Morgan fingerprint density at radius 1 is 1.46 bits per heavy atom. The van der Waals surface area contributed by atoms with Gasteiger partial charge in [-0.1, -0.05) is 6.92 Å². The second-order valence-electron chi connectivity index (χ2n) is 6.24. The number of halogens is 1. The number of Topliss-reactive ketones (excluding diaryl/α,β-unsaturated/α-hetero) is 1. The van der Waals surface area contributed by atoms with Crippen LogP contribution in [-0.4, -0.2) is 33.8 Å². The monoisotopic (exact) mass is 345 g/mol. The fourth-order valence-electron chi connectivity index (χ4n) is 3.12. The zero-order valence-electron chi connectivity index (χ0n) is 13.6. The van der Waals surface area contributed by atoms with Crippen molar-refractivity contribution in [2.75, 3.05) is 23.7 Å². The molecule has 0 bridgehead atoms. The van der Waals surface area contributed by atoms with E-state index >= 15 is 0 Å². The van der Waals surface area contributed by atoms with Gasteiger partial charge in [-0.15, -0.1) is 0 Å². The number of aromatic nitrogens is 3. The summed E-state index contributed by atoms with van der Waals surface area (Å²) in [7, 11) is 0. The molecule has 0 spiro atoms. The first kappa shape index (κ1) is 16.6. The van der Waals surface area contributed by atoms with E-state index in [1.807, 2.05) is 6.07 Å². The lowest BCUT2D eigenvalue weighted by molar-refractivity contribution is 0.0989. The number of piperidine rings is 1. The Hall–Kier alpha value is -2.21.